The van der Waals surface area contributed by atoms with E-state index in [4.69, 9.17) is 12.6 Å². The Balaban J connectivity index is 1.82. The standard InChI is InChI=1S/C17H15BFN3OS/c1-9-16-21-20-10(2)22(16)17-14(8-23-9)13(15(18)24-17)7-11-3-5-12(19)6-4-11/h3-6,9H,7-8H2,1-2H3/t9-/m0/s1. The van der Waals surface area contributed by atoms with Gasteiger partial charge in [-0.15, -0.1) is 21.5 Å². The van der Waals surface area contributed by atoms with E-state index in [1.54, 1.807) is 12.1 Å². The Kier molecular flexibility index (Phi) is 3.77. The van der Waals surface area contributed by atoms with E-state index in [-0.39, 0.29) is 11.9 Å². The van der Waals surface area contributed by atoms with Crippen molar-refractivity contribution in [1.29, 1.82) is 0 Å². The molecule has 0 bridgehead atoms. The average Bonchev–Trinajstić information content (AvgIpc) is 3.04. The minimum absolute atomic E-state index is 0.134. The Hall–Kier alpha value is -1.99. The molecule has 7 heteroatoms. The molecular weight excluding hydrogens is 324 g/mol. The molecule has 1 aromatic carbocycles. The van der Waals surface area contributed by atoms with Gasteiger partial charge in [-0.1, -0.05) is 12.1 Å². The van der Waals surface area contributed by atoms with Crippen LogP contribution in [0.1, 0.15) is 41.4 Å². The number of benzene rings is 1. The van der Waals surface area contributed by atoms with Crippen LogP contribution in [0.2, 0.25) is 0 Å². The zero-order chi connectivity index (χ0) is 16.8. The minimum Gasteiger partial charge on any atom is -0.366 e. The number of thiophene rings is 1. The van der Waals surface area contributed by atoms with E-state index in [1.165, 1.54) is 23.5 Å². The average molecular weight is 339 g/mol. The van der Waals surface area contributed by atoms with Crippen LogP contribution in [0.5, 0.6) is 0 Å². The second-order valence-electron chi connectivity index (χ2n) is 5.93. The van der Waals surface area contributed by atoms with Gasteiger partial charge < -0.3 is 4.74 Å². The topological polar surface area (TPSA) is 39.9 Å². The monoisotopic (exact) mass is 339 g/mol. The molecule has 3 heterocycles. The lowest BCUT2D eigenvalue weighted by atomic mass is 9.94. The number of rotatable bonds is 2. The highest BCUT2D eigenvalue weighted by Gasteiger charge is 2.27. The highest BCUT2D eigenvalue weighted by Crippen LogP contribution is 2.34. The van der Waals surface area contributed by atoms with Gasteiger partial charge in [-0.25, -0.2) is 4.39 Å². The number of fused-ring (bicyclic) bond motifs is 3. The lowest BCUT2D eigenvalue weighted by molar-refractivity contribution is 0.0494. The van der Waals surface area contributed by atoms with Crippen molar-refractivity contribution in [3.63, 3.8) is 0 Å². The van der Waals surface area contributed by atoms with Gasteiger partial charge in [-0.2, -0.15) is 0 Å². The largest absolute Gasteiger partial charge is 0.366 e. The summed E-state index contributed by atoms with van der Waals surface area (Å²) in [6.07, 6.45) is 0.511. The van der Waals surface area contributed by atoms with Crippen molar-refractivity contribution >= 4 is 24.0 Å². The normalized spacial score (nSPS) is 16.5. The molecule has 2 radical (unpaired) electrons. The number of nitrogens with zero attached hydrogens (tertiary/aromatic N) is 3. The Morgan fingerprint density at radius 1 is 1.33 bits per heavy atom. The molecule has 0 saturated heterocycles. The molecule has 0 unspecified atom stereocenters. The predicted octanol–water partition coefficient (Wildman–Crippen LogP) is 2.75. The summed E-state index contributed by atoms with van der Waals surface area (Å²) in [4.78, 5) is 0. The maximum Gasteiger partial charge on any atom is 0.167 e. The summed E-state index contributed by atoms with van der Waals surface area (Å²) in [6.45, 7) is 4.37. The molecule has 0 fully saturated rings. The van der Waals surface area contributed by atoms with Gasteiger partial charge in [0.1, 0.15) is 30.6 Å². The smallest absolute Gasteiger partial charge is 0.167 e. The zero-order valence-electron chi connectivity index (χ0n) is 13.4. The van der Waals surface area contributed by atoms with Crippen molar-refractivity contribution in [2.24, 2.45) is 0 Å². The molecule has 0 amide bonds. The van der Waals surface area contributed by atoms with E-state index >= 15 is 0 Å². The van der Waals surface area contributed by atoms with Crippen LogP contribution in [0, 0.1) is 12.7 Å². The molecule has 0 saturated carbocycles. The predicted molar refractivity (Wildman–Crippen MR) is 91.8 cm³/mol. The zero-order valence-corrected chi connectivity index (χ0v) is 14.2. The summed E-state index contributed by atoms with van der Waals surface area (Å²) >= 11 is 1.52. The van der Waals surface area contributed by atoms with Gasteiger partial charge in [-0.05, 0) is 48.3 Å². The number of hydrogen-bond donors (Lipinski definition) is 0. The van der Waals surface area contributed by atoms with Crippen LogP contribution < -0.4 is 4.78 Å². The van der Waals surface area contributed by atoms with Crippen molar-refractivity contribution in [3.8, 4) is 5.00 Å². The van der Waals surface area contributed by atoms with E-state index in [0.29, 0.717) is 13.0 Å². The number of halogens is 1. The van der Waals surface area contributed by atoms with Crippen LogP contribution in [0.25, 0.3) is 5.00 Å². The fourth-order valence-electron chi connectivity index (χ4n) is 3.01. The van der Waals surface area contributed by atoms with Crippen molar-refractivity contribution in [1.82, 2.24) is 14.8 Å². The molecule has 1 atom stereocenters. The van der Waals surface area contributed by atoms with E-state index in [2.05, 4.69) is 10.2 Å². The minimum atomic E-state index is -0.238. The van der Waals surface area contributed by atoms with E-state index in [0.717, 1.165) is 38.1 Å². The van der Waals surface area contributed by atoms with Gasteiger partial charge in [-0.3, -0.25) is 4.57 Å². The second-order valence-corrected chi connectivity index (χ2v) is 6.96. The number of aromatic nitrogens is 3. The Morgan fingerprint density at radius 3 is 2.83 bits per heavy atom. The van der Waals surface area contributed by atoms with Crippen LogP contribution >= 0.6 is 11.3 Å². The van der Waals surface area contributed by atoms with Crippen molar-refractivity contribution in [2.45, 2.75) is 33.0 Å². The molecule has 2 aromatic heterocycles. The van der Waals surface area contributed by atoms with Gasteiger partial charge in [0.2, 0.25) is 0 Å². The number of aryl methyl sites for hydroxylation is 1. The summed E-state index contributed by atoms with van der Waals surface area (Å²) in [5.74, 6) is 1.37. The lowest BCUT2D eigenvalue weighted by Crippen LogP contribution is -2.08. The molecule has 4 rings (SSSR count). The third-order valence-electron chi connectivity index (χ3n) is 4.31. The summed E-state index contributed by atoms with van der Waals surface area (Å²) in [5.41, 5.74) is 3.12. The van der Waals surface area contributed by atoms with E-state index < -0.39 is 0 Å². The molecule has 0 spiro atoms. The SMILES string of the molecule is [B]c1sc2c(c1Cc1ccc(F)cc1)CO[C@@H](C)c1nnc(C)n1-2. The molecule has 0 N–H and O–H groups in total. The maximum atomic E-state index is 13.1. The first-order valence-electron chi connectivity index (χ1n) is 7.73. The van der Waals surface area contributed by atoms with E-state index in [9.17, 15) is 4.39 Å². The summed E-state index contributed by atoms with van der Waals surface area (Å²) in [5, 5.41) is 9.44. The highest BCUT2D eigenvalue weighted by atomic mass is 32.1. The van der Waals surface area contributed by atoms with Crippen LogP contribution in [-0.2, 0) is 17.8 Å². The Morgan fingerprint density at radius 2 is 2.08 bits per heavy atom. The quantitative estimate of drug-likeness (QED) is 0.674. The molecule has 4 nitrogen and oxygen atoms in total. The van der Waals surface area contributed by atoms with Crippen molar-refractivity contribution in [2.75, 3.05) is 0 Å². The molecule has 120 valence electrons. The fraction of sp³-hybridized carbons (Fsp3) is 0.294. The summed E-state index contributed by atoms with van der Waals surface area (Å²) < 4.78 is 21.9. The number of ether oxygens (including phenoxy) is 1. The summed E-state index contributed by atoms with van der Waals surface area (Å²) in [7, 11) is 6.30. The van der Waals surface area contributed by atoms with E-state index in [1.807, 2.05) is 18.4 Å². The number of hydrogen-bond acceptors (Lipinski definition) is 4. The van der Waals surface area contributed by atoms with Gasteiger partial charge in [0, 0.05) is 5.56 Å². The molecule has 24 heavy (non-hydrogen) atoms. The Labute approximate surface area is 144 Å². The Bertz CT molecular complexity index is 903. The first-order chi connectivity index (χ1) is 11.5. The second kappa shape index (κ2) is 5.83. The fourth-order valence-corrected chi connectivity index (χ4v) is 4.16. The van der Waals surface area contributed by atoms with Gasteiger partial charge >= 0.3 is 0 Å². The van der Waals surface area contributed by atoms with Crippen LogP contribution in [0.3, 0.4) is 0 Å². The molecule has 1 aliphatic heterocycles. The third kappa shape index (κ3) is 2.48. The van der Waals surface area contributed by atoms with Gasteiger partial charge in [0.05, 0.1) is 6.61 Å². The lowest BCUT2D eigenvalue weighted by Gasteiger charge is -2.09. The first-order valence-corrected chi connectivity index (χ1v) is 8.54. The summed E-state index contributed by atoms with van der Waals surface area (Å²) in [6, 6.07) is 6.51. The van der Waals surface area contributed by atoms with Crippen LogP contribution in [-0.4, -0.2) is 22.6 Å². The van der Waals surface area contributed by atoms with Crippen LogP contribution in [0.4, 0.5) is 4.39 Å². The third-order valence-corrected chi connectivity index (χ3v) is 5.40. The molecular formula is C17H15BFN3OS. The van der Waals surface area contributed by atoms with Gasteiger partial charge in [0.15, 0.2) is 5.82 Å². The van der Waals surface area contributed by atoms with Crippen LogP contribution in [0.15, 0.2) is 24.3 Å². The maximum absolute atomic E-state index is 13.1. The van der Waals surface area contributed by atoms with Gasteiger partial charge in [0.25, 0.3) is 0 Å². The first kappa shape index (κ1) is 15.5. The van der Waals surface area contributed by atoms with Crippen molar-refractivity contribution < 1.29 is 9.13 Å². The highest BCUT2D eigenvalue weighted by molar-refractivity contribution is 7.22. The van der Waals surface area contributed by atoms with Crippen molar-refractivity contribution in [3.05, 3.63) is 58.4 Å². The molecule has 0 aliphatic carbocycles. The molecule has 1 aliphatic rings. The molecule has 3 aromatic rings.